The first-order chi connectivity index (χ1) is 26.7. The first kappa shape index (κ1) is 41.3. The number of hydrogen-bond donors (Lipinski definition) is 4. The van der Waals surface area contributed by atoms with Gasteiger partial charge < -0.3 is 34.9 Å². The number of aromatic nitrogens is 3. The van der Waals surface area contributed by atoms with Gasteiger partial charge in [0.05, 0.1) is 35.8 Å². The minimum atomic E-state index is -5.08. The number of halogens is 3. The predicted octanol–water partition coefficient (Wildman–Crippen LogP) is 6.00. The second kappa shape index (κ2) is 18.6. The van der Waals surface area contributed by atoms with Crippen molar-refractivity contribution < 1.29 is 42.2 Å². The van der Waals surface area contributed by atoms with Crippen LogP contribution < -0.4 is 16.0 Å². The van der Waals surface area contributed by atoms with Gasteiger partial charge in [-0.1, -0.05) is 24.3 Å². The number of carboxylic acids is 1. The molecule has 13 nitrogen and oxygen atoms in total. The van der Waals surface area contributed by atoms with E-state index in [-0.39, 0.29) is 17.7 Å². The molecule has 2 aromatic carbocycles. The Morgan fingerprint density at radius 2 is 1.45 bits per heavy atom. The number of hydrogen-bond acceptors (Lipinski definition) is 8. The third-order valence-corrected chi connectivity index (χ3v) is 9.33. The van der Waals surface area contributed by atoms with E-state index in [9.17, 15) is 27.6 Å². The third-order valence-electron chi connectivity index (χ3n) is 8.59. The topological polar surface area (TPSA) is 160 Å². The molecular weight excluding hydrogens is 752 g/mol. The van der Waals surface area contributed by atoms with Crippen LogP contribution in [-0.2, 0) is 23.6 Å². The van der Waals surface area contributed by atoms with Gasteiger partial charge in [0.2, 0.25) is 0 Å². The van der Waals surface area contributed by atoms with Crippen LogP contribution in [0.25, 0.3) is 23.1 Å². The van der Waals surface area contributed by atoms with Crippen molar-refractivity contribution >= 4 is 69.9 Å². The lowest BCUT2D eigenvalue weighted by Crippen LogP contribution is -2.41. The predicted molar refractivity (Wildman–Crippen MR) is 209 cm³/mol. The maximum atomic E-state index is 13.2. The average Bonchev–Trinajstić information content (AvgIpc) is 3.74. The van der Waals surface area contributed by atoms with E-state index in [1.165, 1.54) is 4.90 Å². The van der Waals surface area contributed by atoms with Crippen LogP contribution in [0.1, 0.15) is 42.6 Å². The molecule has 3 aromatic heterocycles. The van der Waals surface area contributed by atoms with E-state index in [0.29, 0.717) is 48.1 Å². The Morgan fingerprint density at radius 1 is 0.839 bits per heavy atom. The zero-order valence-corrected chi connectivity index (χ0v) is 31.5. The summed E-state index contributed by atoms with van der Waals surface area (Å²) >= 11 is 1.71. The molecule has 56 heavy (non-hydrogen) atoms. The standard InChI is InChI=1S/C37H39N7O4S.C2HF3O2/c1-42-24-30(21-33(42)36(46)38-14-15-44-16-18-48-19-17-44)41-37(47)34-22-29(23-43(34)2)40-35(45)27-8-13-32-26(20-27)7-10-28(39-32)9-4-25-5-11-31(49-3)12-6-25;3-2(4,5)1(6)7/h4-13,20-24H,14-19H2,1-3H3,(H,38,46)(H,40,45)(H,41,47);(H,6,7)/b9-4+;. The molecule has 1 aliphatic rings. The lowest BCUT2D eigenvalue weighted by molar-refractivity contribution is -0.192. The van der Waals surface area contributed by atoms with Gasteiger partial charge in [-0.25, -0.2) is 9.78 Å². The maximum absolute atomic E-state index is 13.2. The van der Waals surface area contributed by atoms with E-state index in [1.807, 2.05) is 30.4 Å². The van der Waals surface area contributed by atoms with E-state index in [2.05, 4.69) is 51.4 Å². The average molecular weight is 792 g/mol. The number of morpholine rings is 1. The van der Waals surface area contributed by atoms with Crippen molar-refractivity contribution in [3.63, 3.8) is 0 Å². The van der Waals surface area contributed by atoms with Gasteiger partial charge in [-0.15, -0.1) is 11.8 Å². The molecule has 1 saturated heterocycles. The number of fused-ring (bicyclic) bond motifs is 1. The molecule has 6 rings (SSSR count). The van der Waals surface area contributed by atoms with Crippen LogP contribution in [0.5, 0.6) is 0 Å². The minimum absolute atomic E-state index is 0.213. The van der Waals surface area contributed by atoms with E-state index < -0.39 is 12.1 Å². The minimum Gasteiger partial charge on any atom is -0.475 e. The number of carbonyl (C=O) groups is 4. The third kappa shape index (κ3) is 11.3. The van der Waals surface area contributed by atoms with Crippen molar-refractivity contribution in [1.82, 2.24) is 24.3 Å². The Morgan fingerprint density at radius 3 is 2.05 bits per heavy atom. The number of ether oxygens (including phenoxy) is 1. The van der Waals surface area contributed by atoms with Crippen LogP contribution in [-0.4, -0.2) is 99.6 Å². The summed E-state index contributed by atoms with van der Waals surface area (Å²) in [6.07, 6.45) is 4.35. The number of nitrogens with one attached hydrogen (secondary N) is 3. The number of aliphatic carboxylic acids is 1. The van der Waals surface area contributed by atoms with Crippen LogP contribution in [0.15, 0.2) is 84.0 Å². The van der Waals surface area contributed by atoms with Crippen LogP contribution in [0.2, 0.25) is 0 Å². The van der Waals surface area contributed by atoms with E-state index in [4.69, 9.17) is 19.6 Å². The van der Waals surface area contributed by atoms with Gasteiger partial charge in [0, 0.05) is 68.5 Å². The molecular formula is C39H40F3N7O6S. The number of nitrogens with zero attached hydrogens (tertiary/aromatic N) is 4. The molecule has 0 unspecified atom stereocenters. The number of aryl methyl sites for hydroxylation is 2. The first-order valence-corrected chi connectivity index (χ1v) is 18.5. The van der Waals surface area contributed by atoms with Crippen molar-refractivity contribution in [2.24, 2.45) is 14.1 Å². The van der Waals surface area contributed by atoms with Crippen molar-refractivity contribution in [3.8, 4) is 0 Å². The smallest absolute Gasteiger partial charge is 0.475 e. The summed E-state index contributed by atoms with van der Waals surface area (Å²) in [6, 6.07) is 20.8. The van der Waals surface area contributed by atoms with Gasteiger partial charge in [-0.3, -0.25) is 19.3 Å². The van der Waals surface area contributed by atoms with Gasteiger partial charge in [0.15, 0.2) is 0 Å². The number of benzene rings is 2. The lowest BCUT2D eigenvalue weighted by atomic mass is 10.1. The van der Waals surface area contributed by atoms with Crippen molar-refractivity contribution in [2.75, 3.05) is 56.3 Å². The maximum Gasteiger partial charge on any atom is 0.490 e. The van der Waals surface area contributed by atoms with Crippen LogP contribution in [0.3, 0.4) is 0 Å². The molecule has 0 spiro atoms. The van der Waals surface area contributed by atoms with Gasteiger partial charge in [0.25, 0.3) is 17.7 Å². The summed E-state index contributed by atoms with van der Waals surface area (Å²) < 4.78 is 40.4. The Balaban J connectivity index is 0.000000784. The highest BCUT2D eigenvalue weighted by atomic mass is 32.2. The number of amides is 3. The molecule has 0 radical (unpaired) electrons. The molecule has 4 heterocycles. The molecule has 0 atom stereocenters. The highest BCUT2D eigenvalue weighted by Gasteiger charge is 2.38. The summed E-state index contributed by atoms with van der Waals surface area (Å²) in [4.78, 5) is 56.2. The molecule has 1 fully saturated rings. The highest BCUT2D eigenvalue weighted by Crippen LogP contribution is 2.21. The Kier molecular flexibility index (Phi) is 13.7. The van der Waals surface area contributed by atoms with E-state index in [1.54, 1.807) is 71.7 Å². The van der Waals surface area contributed by atoms with Crippen LogP contribution >= 0.6 is 11.8 Å². The monoisotopic (exact) mass is 791 g/mol. The zero-order chi connectivity index (χ0) is 40.4. The van der Waals surface area contributed by atoms with Crippen LogP contribution in [0, 0.1) is 0 Å². The molecule has 0 bridgehead atoms. The lowest BCUT2D eigenvalue weighted by Gasteiger charge is -2.26. The molecule has 3 amide bonds. The summed E-state index contributed by atoms with van der Waals surface area (Å²) in [6.45, 7) is 4.41. The van der Waals surface area contributed by atoms with E-state index in [0.717, 1.165) is 41.8 Å². The fourth-order valence-corrected chi connectivity index (χ4v) is 6.04. The second-order valence-corrected chi connectivity index (χ2v) is 13.5. The summed E-state index contributed by atoms with van der Waals surface area (Å²) in [5.41, 5.74) is 4.93. The molecule has 4 N–H and O–H groups in total. The highest BCUT2D eigenvalue weighted by molar-refractivity contribution is 7.98. The van der Waals surface area contributed by atoms with Gasteiger partial charge in [-0.2, -0.15) is 13.2 Å². The normalized spacial score (nSPS) is 13.2. The summed E-state index contributed by atoms with van der Waals surface area (Å²) in [7, 11) is 3.49. The Hall–Kier alpha value is -5.91. The second-order valence-electron chi connectivity index (χ2n) is 12.6. The molecule has 17 heteroatoms. The number of pyridine rings is 1. The number of thioether (sulfide) groups is 1. The summed E-state index contributed by atoms with van der Waals surface area (Å²) in [5.74, 6) is -3.64. The SMILES string of the molecule is CSc1ccc(/C=C/c2ccc3cc(C(=O)Nc4cc(C(=O)Nc5cc(C(=O)NCCN6CCOCC6)n(C)c5)n(C)c4)ccc3n2)cc1.O=C(O)C(F)(F)F. The molecule has 0 saturated carbocycles. The van der Waals surface area contributed by atoms with Crippen LogP contribution in [0.4, 0.5) is 24.5 Å². The number of anilines is 2. The number of alkyl halides is 3. The van der Waals surface area contributed by atoms with Crippen molar-refractivity contribution in [3.05, 3.63) is 107 Å². The number of carboxylic acid groups (broad SMARTS) is 1. The van der Waals surface area contributed by atoms with Crippen molar-refractivity contribution in [1.29, 1.82) is 0 Å². The molecule has 294 valence electrons. The van der Waals surface area contributed by atoms with Crippen molar-refractivity contribution in [2.45, 2.75) is 11.1 Å². The van der Waals surface area contributed by atoms with Gasteiger partial charge >= 0.3 is 12.1 Å². The largest absolute Gasteiger partial charge is 0.490 e. The Bertz CT molecular complexity index is 2230. The zero-order valence-electron chi connectivity index (χ0n) is 30.7. The summed E-state index contributed by atoms with van der Waals surface area (Å²) in [5, 5.41) is 16.7. The fourth-order valence-electron chi connectivity index (χ4n) is 5.63. The van der Waals surface area contributed by atoms with Gasteiger partial charge in [-0.05, 0) is 66.4 Å². The van der Waals surface area contributed by atoms with E-state index >= 15 is 0 Å². The first-order valence-electron chi connectivity index (χ1n) is 17.3. The molecule has 1 aliphatic heterocycles. The van der Waals surface area contributed by atoms with Gasteiger partial charge in [0.1, 0.15) is 11.4 Å². The molecule has 5 aromatic rings. The number of rotatable bonds is 11. The molecule has 0 aliphatic carbocycles. The Labute approximate surface area is 324 Å². The fraction of sp³-hybridized carbons (Fsp3) is 0.256. The number of carbonyl (C=O) groups excluding carboxylic acids is 3. The quantitative estimate of drug-likeness (QED) is 0.118.